The summed E-state index contributed by atoms with van der Waals surface area (Å²) in [5.41, 5.74) is 2.75. The molecule has 0 unspecified atom stereocenters. The minimum absolute atomic E-state index is 0.213. The van der Waals surface area contributed by atoms with Crippen LogP contribution in [-0.4, -0.2) is 23.3 Å². The number of esters is 1. The van der Waals surface area contributed by atoms with Gasteiger partial charge in [-0.15, -0.1) is 0 Å². The van der Waals surface area contributed by atoms with Crippen molar-refractivity contribution in [3.63, 3.8) is 0 Å². The number of hydrogen-bond donors (Lipinski definition) is 0. The summed E-state index contributed by atoms with van der Waals surface area (Å²) in [4.78, 5) is 26.6. The lowest BCUT2D eigenvalue weighted by Crippen LogP contribution is -2.27. The average Bonchev–Trinajstić information content (AvgIpc) is 3.11. The molecule has 0 saturated carbocycles. The fourth-order valence-corrected chi connectivity index (χ4v) is 4.63. The molecule has 0 bridgehead atoms. The molecule has 0 aliphatic carbocycles. The van der Waals surface area contributed by atoms with Crippen LogP contribution in [0.15, 0.2) is 77.7 Å². The molecule has 33 heavy (non-hydrogen) atoms. The first-order valence-corrected chi connectivity index (χ1v) is 11.5. The number of ether oxygens (including phenoxy) is 2. The van der Waals surface area contributed by atoms with Gasteiger partial charge >= 0.3 is 5.97 Å². The standard InChI is InChI=1S/C25H18ClNO4S2/c1-30-24(29)17-8-10-19(11-9-17)27-23(28)22(33-25(27)32)14-16-6-12-20(13-7-16)31-15-18-4-2-3-5-21(18)26/h2-14H,15H2,1H3/b22-14-. The molecule has 5 nitrogen and oxygen atoms in total. The minimum Gasteiger partial charge on any atom is -0.489 e. The molecule has 1 fully saturated rings. The number of thioether (sulfide) groups is 1. The number of carbonyl (C=O) groups is 2. The summed E-state index contributed by atoms with van der Waals surface area (Å²) >= 11 is 12.8. The Kier molecular flexibility index (Phi) is 7.13. The van der Waals surface area contributed by atoms with E-state index in [0.717, 1.165) is 11.1 Å². The van der Waals surface area contributed by atoms with Crippen LogP contribution in [0, 0.1) is 0 Å². The number of carbonyl (C=O) groups excluding carboxylic acids is 2. The van der Waals surface area contributed by atoms with Crippen molar-refractivity contribution in [3.05, 3.63) is 99.4 Å². The van der Waals surface area contributed by atoms with E-state index in [1.807, 2.05) is 48.5 Å². The van der Waals surface area contributed by atoms with Gasteiger partial charge in [0.25, 0.3) is 5.91 Å². The van der Waals surface area contributed by atoms with Gasteiger partial charge in [0, 0.05) is 10.6 Å². The first kappa shape index (κ1) is 23.0. The molecule has 1 aliphatic heterocycles. The number of methoxy groups -OCH3 is 1. The monoisotopic (exact) mass is 495 g/mol. The molecule has 1 saturated heterocycles. The molecular weight excluding hydrogens is 478 g/mol. The van der Waals surface area contributed by atoms with Crippen LogP contribution in [0.2, 0.25) is 5.02 Å². The van der Waals surface area contributed by atoms with Crippen LogP contribution in [0.4, 0.5) is 5.69 Å². The Morgan fingerprint density at radius 2 is 1.76 bits per heavy atom. The fraction of sp³-hybridized carbons (Fsp3) is 0.0800. The van der Waals surface area contributed by atoms with Gasteiger partial charge in [-0.3, -0.25) is 9.69 Å². The first-order chi connectivity index (χ1) is 16.0. The summed E-state index contributed by atoms with van der Waals surface area (Å²) in [6.07, 6.45) is 1.79. The molecule has 0 spiro atoms. The third-order valence-electron chi connectivity index (χ3n) is 4.87. The Balaban J connectivity index is 1.45. The molecule has 0 radical (unpaired) electrons. The van der Waals surface area contributed by atoms with Gasteiger partial charge < -0.3 is 9.47 Å². The Morgan fingerprint density at radius 3 is 2.42 bits per heavy atom. The van der Waals surface area contributed by atoms with Gasteiger partial charge in [-0.25, -0.2) is 4.79 Å². The van der Waals surface area contributed by atoms with Crippen LogP contribution < -0.4 is 9.64 Å². The van der Waals surface area contributed by atoms with Crippen LogP contribution >= 0.6 is 35.6 Å². The van der Waals surface area contributed by atoms with E-state index in [1.54, 1.807) is 30.3 Å². The van der Waals surface area contributed by atoms with Gasteiger partial charge in [-0.2, -0.15) is 0 Å². The van der Waals surface area contributed by atoms with Gasteiger partial charge in [0.05, 0.1) is 23.3 Å². The van der Waals surface area contributed by atoms with E-state index in [0.29, 0.717) is 37.9 Å². The molecule has 1 aliphatic rings. The van der Waals surface area contributed by atoms with Crippen molar-refractivity contribution in [1.29, 1.82) is 0 Å². The summed E-state index contributed by atoms with van der Waals surface area (Å²) < 4.78 is 10.9. The third-order valence-corrected chi connectivity index (χ3v) is 6.54. The van der Waals surface area contributed by atoms with Crippen LogP contribution in [-0.2, 0) is 16.1 Å². The molecule has 3 aromatic carbocycles. The second-order valence-corrected chi connectivity index (χ2v) is 9.09. The van der Waals surface area contributed by atoms with E-state index < -0.39 is 5.97 Å². The number of nitrogens with zero attached hydrogens (tertiary/aromatic N) is 1. The molecule has 4 rings (SSSR count). The number of amides is 1. The maximum Gasteiger partial charge on any atom is 0.337 e. The largest absolute Gasteiger partial charge is 0.489 e. The van der Waals surface area contributed by atoms with Gasteiger partial charge in [-0.05, 0) is 54.1 Å². The summed E-state index contributed by atoms with van der Waals surface area (Å²) in [7, 11) is 1.32. The second kappa shape index (κ2) is 10.2. The molecule has 0 atom stereocenters. The number of benzene rings is 3. The smallest absolute Gasteiger partial charge is 0.337 e. The molecule has 0 aromatic heterocycles. The highest BCUT2D eigenvalue weighted by Crippen LogP contribution is 2.36. The topological polar surface area (TPSA) is 55.8 Å². The van der Waals surface area contributed by atoms with Crippen molar-refractivity contribution in [3.8, 4) is 5.75 Å². The zero-order valence-corrected chi connectivity index (χ0v) is 19.9. The lowest BCUT2D eigenvalue weighted by molar-refractivity contribution is -0.113. The summed E-state index contributed by atoms with van der Waals surface area (Å²) in [5, 5.41) is 0.663. The number of thiocarbonyl (C=S) groups is 1. The highest BCUT2D eigenvalue weighted by molar-refractivity contribution is 8.27. The average molecular weight is 496 g/mol. The molecular formula is C25H18ClNO4S2. The van der Waals surface area contributed by atoms with E-state index >= 15 is 0 Å². The number of hydrogen-bond acceptors (Lipinski definition) is 6. The second-order valence-electron chi connectivity index (χ2n) is 7.00. The van der Waals surface area contributed by atoms with Crippen LogP contribution in [0.1, 0.15) is 21.5 Å². The van der Waals surface area contributed by atoms with Crippen molar-refractivity contribution in [2.24, 2.45) is 0 Å². The Bertz CT molecular complexity index is 1240. The first-order valence-electron chi connectivity index (χ1n) is 9.89. The van der Waals surface area contributed by atoms with Gasteiger partial charge in [-0.1, -0.05) is 65.9 Å². The lowest BCUT2D eigenvalue weighted by Gasteiger charge is -2.14. The Hall–Kier alpha value is -3.13. The van der Waals surface area contributed by atoms with Gasteiger partial charge in [0.15, 0.2) is 4.32 Å². The summed E-state index contributed by atoms with van der Waals surface area (Å²) in [6.45, 7) is 0.368. The zero-order valence-electron chi connectivity index (χ0n) is 17.5. The highest BCUT2D eigenvalue weighted by atomic mass is 35.5. The van der Waals surface area contributed by atoms with Gasteiger partial charge in [0.1, 0.15) is 12.4 Å². The Morgan fingerprint density at radius 1 is 1.06 bits per heavy atom. The predicted octanol–water partition coefficient (Wildman–Crippen LogP) is 6.11. The molecule has 1 amide bonds. The fourth-order valence-electron chi connectivity index (χ4n) is 3.14. The van der Waals surface area contributed by atoms with Gasteiger partial charge in [0.2, 0.25) is 0 Å². The lowest BCUT2D eigenvalue weighted by atomic mass is 10.2. The molecule has 0 N–H and O–H groups in total. The van der Waals surface area contributed by atoms with E-state index in [4.69, 9.17) is 33.3 Å². The van der Waals surface area contributed by atoms with Crippen molar-refractivity contribution < 1.29 is 19.1 Å². The molecule has 8 heteroatoms. The van der Waals surface area contributed by atoms with E-state index in [9.17, 15) is 9.59 Å². The van der Waals surface area contributed by atoms with Crippen LogP contribution in [0.25, 0.3) is 6.08 Å². The highest BCUT2D eigenvalue weighted by Gasteiger charge is 2.33. The van der Waals surface area contributed by atoms with E-state index in [1.165, 1.54) is 23.8 Å². The van der Waals surface area contributed by atoms with Crippen molar-refractivity contribution in [2.75, 3.05) is 12.0 Å². The quantitative estimate of drug-likeness (QED) is 0.233. The van der Waals surface area contributed by atoms with Crippen molar-refractivity contribution in [1.82, 2.24) is 0 Å². The minimum atomic E-state index is -0.439. The number of rotatable bonds is 6. The number of halogens is 1. The maximum atomic E-state index is 13.0. The van der Waals surface area contributed by atoms with Crippen LogP contribution in [0.3, 0.4) is 0 Å². The SMILES string of the molecule is COC(=O)c1ccc(N2C(=O)/C(=C/c3ccc(OCc4ccccc4Cl)cc3)SC2=S)cc1. The van der Waals surface area contributed by atoms with Crippen molar-refractivity contribution >= 4 is 63.5 Å². The normalized spacial score (nSPS) is 14.6. The predicted molar refractivity (Wildman–Crippen MR) is 136 cm³/mol. The third kappa shape index (κ3) is 5.27. The van der Waals surface area contributed by atoms with Crippen molar-refractivity contribution in [2.45, 2.75) is 6.61 Å². The number of anilines is 1. The summed E-state index contributed by atoms with van der Waals surface area (Å²) in [6, 6.07) is 21.5. The molecule has 166 valence electrons. The van der Waals surface area contributed by atoms with E-state index in [2.05, 4.69) is 0 Å². The molecule has 1 heterocycles. The maximum absolute atomic E-state index is 13.0. The molecule has 3 aromatic rings. The Labute approximate surface area is 205 Å². The summed E-state index contributed by atoms with van der Waals surface area (Å²) in [5.74, 6) is 0.0475. The van der Waals surface area contributed by atoms with E-state index in [-0.39, 0.29) is 5.91 Å². The van der Waals surface area contributed by atoms with Crippen LogP contribution in [0.5, 0.6) is 5.75 Å². The zero-order chi connectivity index (χ0) is 23.4.